The number of fused-ring (bicyclic) bond motifs is 1. The second kappa shape index (κ2) is 9.94. The van der Waals surface area contributed by atoms with Crippen molar-refractivity contribution in [3.63, 3.8) is 0 Å². The molecular weight excluding hydrogens is 468 g/mol. The summed E-state index contributed by atoms with van der Waals surface area (Å²) in [5.74, 6) is 0.611. The molecule has 10 nitrogen and oxygen atoms in total. The Kier molecular flexibility index (Phi) is 6.38. The Bertz CT molecular complexity index is 1580. The number of anilines is 4. The quantitative estimate of drug-likeness (QED) is 0.340. The smallest absolute Gasteiger partial charge is 0.293 e. The van der Waals surface area contributed by atoms with Crippen LogP contribution in [0.3, 0.4) is 0 Å². The topological polar surface area (TPSA) is 110 Å². The number of methoxy groups -OCH3 is 1. The number of hydrogen-bond donors (Lipinski definition) is 2. The van der Waals surface area contributed by atoms with E-state index in [1.165, 1.54) is 12.4 Å². The van der Waals surface area contributed by atoms with Crippen LogP contribution in [0.15, 0.2) is 73.3 Å². The Balaban J connectivity index is 1.51. The van der Waals surface area contributed by atoms with E-state index in [-0.39, 0.29) is 5.82 Å². The van der Waals surface area contributed by atoms with Crippen LogP contribution >= 0.6 is 0 Å². The Morgan fingerprint density at radius 2 is 1.76 bits per heavy atom. The van der Waals surface area contributed by atoms with Gasteiger partial charge in [-0.1, -0.05) is 18.2 Å². The van der Waals surface area contributed by atoms with E-state index in [4.69, 9.17) is 9.72 Å². The van der Waals surface area contributed by atoms with E-state index in [2.05, 4.69) is 48.5 Å². The number of amides is 1. The molecule has 0 aliphatic heterocycles. The van der Waals surface area contributed by atoms with Gasteiger partial charge >= 0.3 is 0 Å². The summed E-state index contributed by atoms with van der Waals surface area (Å²) in [4.78, 5) is 31.9. The van der Waals surface area contributed by atoms with Gasteiger partial charge in [0.2, 0.25) is 11.8 Å². The Morgan fingerprint density at radius 1 is 0.973 bits per heavy atom. The van der Waals surface area contributed by atoms with Gasteiger partial charge in [0.1, 0.15) is 5.75 Å². The number of aryl methyl sites for hydroxylation is 1. The highest BCUT2D eigenvalue weighted by Crippen LogP contribution is 2.38. The summed E-state index contributed by atoms with van der Waals surface area (Å²) in [6, 6.07) is 15.3. The highest BCUT2D eigenvalue weighted by atomic mass is 16.5. The van der Waals surface area contributed by atoms with Crippen molar-refractivity contribution in [1.29, 1.82) is 0 Å². The molecule has 0 unspecified atom stereocenters. The monoisotopic (exact) mass is 494 g/mol. The first-order valence-electron chi connectivity index (χ1n) is 11.6. The molecule has 186 valence electrons. The van der Waals surface area contributed by atoms with Gasteiger partial charge in [-0.25, -0.2) is 19.9 Å². The second-order valence-electron chi connectivity index (χ2n) is 8.55. The molecule has 3 heterocycles. The molecular formula is C27H26N8O2. The molecule has 1 amide bonds. The Labute approximate surface area is 214 Å². The molecule has 5 aromatic rings. The fourth-order valence-electron chi connectivity index (χ4n) is 4.14. The number of para-hydroxylation sites is 1. The molecule has 0 saturated carbocycles. The molecule has 0 bridgehead atoms. The van der Waals surface area contributed by atoms with Crippen molar-refractivity contribution in [2.24, 2.45) is 7.05 Å². The lowest BCUT2D eigenvalue weighted by Crippen LogP contribution is -2.19. The summed E-state index contributed by atoms with van der Waals surface area (Å²) in [5.41, 5.74) is 4.80. The summed E-state index contributed by atoms with van der Waals surface area (Å²) in [6.45, 7) is 0. The van der Waals surface area contributed by atoms with E-state index in [0.29, 0.717) is 23.1 Å². The molecule has 0 spiro atoms. The molecule has 0 aliphatic rings. The Hall–Kier alpha value is -4.99. The fraction of sp³-hybridized carbons (Fsp3) is 0.148. The van der Waals surface area contributed by atoms with E-state index in [0.717, 1.165) is 27.8 Å². The van der Waals surface area contributed by atoms with Gasteiger partial charge in [0.25, 0.3) is 5.91 Å². The van der Waals surface area contributed by atoms with Crippen molar-refractivity contribution in [3.8, 4) is 17.0 Å². The number of nitrogens with zero attached hydrogens (tertiary/aromatic N) is 6. The van der Waals surface area contributed by atoms with E-state index < -0.39 is 5.91 Å². The van der Waals surface area contributed by atoms with Crippen molar-refractivity contribution < 1.29 is 9.53 Å². The lowest BCUT2D eigenvalue weighted by molar-refractivity contribution is 0.101. The number of rotatable bonds is 7. The summed E-state index contributed by atoms with van der Waals surface area (Å²) in [7, 11) is 7.36. The molecule has 0 fully saturated rings. The summed E-state index contributed by atoms with van der Waals surface area (Å²) in [5, 5.41) is 7.26. The maximum Gasteiger partial charge on any atom is 0.293 e. The summed E-state index contributed by atoms with van der Waals surface area (Å²) in [6.07, 6.45) is 6.82. The van der Waals surface area contributed by atoms with Crippen LogP contribution in [0.25, 0.3) is 22.2 Å². The van der Waals surface area contributed by atoms with Crippen LogP contribution in [-0.2, 0) is 7.05 Å². The minimum absolute atomic E-state index is 0.0728. The van der Waals surface area contributed by atoms with Crippen molar-refractivity contribution in [2.75, 3.05) is 36.7 Å². The average molecular weight is 495 g/mol. The maximum absolute atomic E-state index is 12.8. The van der Waals surface area contributed by atoms with Crippen LogP contribution in [0.2, 0.25) is 0 Å². The molecule has 5 rings (SSSR count). The number of aromatic nitrogens is 5. The molecule has 0 radical (unpaired) electrons. The molecule has 3 aromatic heterocycles. The third-order valence-electron chi connectivity index (χ3n) is 5.89. The van der Waals surface area contributed by atoms with Crippen molar-refractivity contribution >= 4 is 39.8 Å². The van der Waals surface area contributed by atoms with Crippen LogP contribution in [-0.4, -0.2) is 51.6 Å². The van der Waals surface area contributed by atoms with Gasteiger partial charge in [0.05, 0.1) is 29.9 Å². The molecule has 0 saturated heterocycles. The van der Waals surface area contributed by atoms with Crippen LogP contribution < -0.4 is 20.3 Å². The number of hydrogen-bond acceptors (Lipinski definition) is 8. The third-order valence-corrected chi connectivity index (χ3v) is 5.89. The molecule has 2 N–H and O–H groups in total. The van der Waals surface area contributed by atoms with Gasteiger partial charge in [-0.2, -0.15) is 0 Å². The van der Waals surface area contributed by atoms with Gasteiger partial charge in [0.15, 0.2) is 0 Å². The molecule has 0 aliphatic carbocycles. The van der Waals surface area contributed by atoms with Gasteiger partial charge < -0.3 is 24.8 Å². The number of nitrogens with one attached hydrogen (secondary N) is 2. The zero-order chi connectivity index (χ0) is 25.9. The summed E-state index contributed by atoms with van der Waals surface area (Å²) >= 11 is 0. The van der Waals surface area contributed by atoms with Gasteiger partial charge in [0, 0.05) is 68.5 Å². The van der Waals surface area contributed by atoms with Gasteiger partial charge in [-0.3, -0.25) is 4.79 Å². The standard InChI is InChI=1S/C27H26N8O2/c1-34(2)23-15-24(37-4)21(14-20(23)31-26(36)25-28-11-7-12-29-25)33-27-30-13-10-19(32-27)18-16-35(3)22-9-6-5-8-17(18)22/h5-16H,1-4H3,(H,31,36)(H,30,32,33). The lowest BCUT2D eigenvalue weighted by Gasteiger charge is -2.21. The Morgan fingerprint density at radius 3 is 2.51 bits per heavy atom. The first-order valence-corrected chi connectivity index (χ1v) is 11.6. The summed E-state index contributed by atoms with van der Waals surface area (Å²) < 4.78 is 7.72. The zero-order valence-electron chi connectivity index (χ0n) is 20.9. The molecule has 10 heteroatoms. The first-order chi connectivity index (χ1) is 17.9. The fourth-order valence-corrected chi connectivity index (χ4v) is 4.14. The largest absolute Gasteiger partial charge is 0.494 e. The van der Waals surface area contributed by atoms with Crippen LogP contribution in [0.5, 0.6) is 5.75 Å². The molecule has 2 aromatic carbocycles. The van der Waals surface area contributed by atoms with Crippen molar-refractivity contribution in [1.82, 2.24) is 24.5 Å². The van der Waals surface area contributed by atoms with Crippen molar-refractivity contribution in [2.45, 2.75) is 0 Å². The lowest BCUT2D eigenvalue weighted by atomic mass is 10.1. The minimum atomic E-state index is -0.422. The van der Waals surface area contributed by atoms with E-state index in [9.17, 15) is 4.79 Å². The molecule has 0 atom stereocenters. The highest BCUT2D eigenvalue weighted by Gasteiger charge is 2.18. The average Bonchev–Trinajstić information content (AvgIpc) is 3.26. The van der Waals surface area contributed by atoms with Gasteiger partial charge in [-0.05, 0) is 24.3 Å². The number of benzene rings is 2. The third kappa shape index (κ3) is 4.76. The van der Waals surface area contributed by atoms with E-state index in [1.54, 1.807) is 25.4 Å². The van der Waals surface area contributed by atoms with Crippen LogP contribution in [0.1, 0.15) is 10.6 Å². The second-order valence-corrected chi connectivity index (χ2v) is 8.55. The van der Waals surface area contributed by atoms with Crippen LogP contribution in [0, 0.1) is 0 Å². The number of carbonyl (C=O) groups is 1. The normalized spacial score (nSPS) is 10.8. The molecule has 37 heavy (non-hydrogen) atoms. The predicted octanol–water partition coefficient (Wildman–Crippen LogP) is 4.50. The zero-order valence-corrected chi connectivity index (χ0v) is 20.9. The number of carbonyl (C=O) groups excluding carboxylic acids is 1. The predicted molar refractivity (Wildman–Crippen MR) is 145 cm³/mol. The maximum atomic E-state index is 12.8. The minimum Gasteiger partial charge on any atom is -0.494 e. The van der Waals surface area contributed by atoms with E-state index >= 15 is 0 Å². The van der Waals surface area contributed by atoms with E-state index in [1.807, 2.05) is 50.3 Å². The SMILES string of the molecule is COc1cc(N(C)C)c(NC(=O)c2ncccn2)cc1Nc1nccc(-c2cn(C)c3ccccc23)n1. The number of ether oxygens (including phenoxy) is 1. The van der Waals surface area contributed by atoms with Crippen molar-refractivity contribution in [3.05, 3.63) is 79.1 Å². The van der Waals surface area contributed by atoms with Crippen LogP contribution in [0.4, 0.5) is 23.0 Å². The highest BCUT2D eigenvalue weighted by molar-refractivity contribution is 6.04. The first kappa shape index (κ1) is 23.7. The van der Waals surface area contributed by atoms with Gasteiger partial charge in [-0.15, -0.1) is 0 Å².